The van der Waals surface area contributed by atoms with Crippen LogP contribution in [0.3, 0.4) is 0 Å². The van der Waals surface area contributed by atoms with Crippen molar-refractivity contribution in [3.63, 3.8) is 0 Å². The maximum Gasteiger partial charge on any atom is 0.140 e. The SMILES string of the molecule is CNc1ccccc1-c1nc2ccc(Br)cc2[nH]1. The fraction of sp³-hybridized carbons (Fsp3) is 0.0714. The standard InChI is InChI=1S/C14H12BrN3/c1-16-11-5-3-2-4-10(11)14-17-12-7-6-9(15)8-13(12)18-14/h2-8,16H,1H3,(H,17,18). The lowest BCUT2D eigenvalue weighted by atomic mass is 10.1. The summed E-state index contributed by atoms with van der Waals surface area (Å²) in [5.41, 5.74) is 4.15. The average molecular weight is 302 g/mol. The Morgan fingerprint density at radius 2 is 2.00 bits per heavy atom. The normalized spacial score (nSPS) is 10.8. The highest BCUT2D eigenvalue weighted by atomic mass is 79.9. The van der Waals surface area contributed by atoms with Gasteiger partial charge in [-0.3, -0.25) is 0 Å². The summed E-state index contributed by atoms with van der Waals surface area (Å²) in [5.74, 6) is 0.882. The summed E-state index contributed by atoms with van der Waals surface area (Å²) in [6.45, 7) is 0. The third-order valence-electron chi connectivity index (χ3n) is 2.90. The van der Waals surface area contributed by atoms with Crippen LogP contribution in [0.15, 0.2) is 46.9 Å². The van der Waals surface area contributed by atoms with Gasteiger partial charge in [-0.05, 0) is 30.3 Å². The number of halogens is 1. The molecular formula is C14H12BrN3. The van der Waals surface area contributed by atoms with Gasteiger partial charge >= 0.3 is 0 Å². The Morgan fingerprint density at radius 3 is 2.83 bits per heavy atom. The van der Waals surface area contributed by atoms with Crippen LogP contribution < -0.4 is 5.32 Å². The topological polar surface area (TPSA) is 40.7 Å². The fourth-order valence-corrected chi connectivity index (χ4v) is 2.38. The van der Waals surface area contributed by atoms with E-state index in [2.05, 4.69) is 37.3 Å². The van der Waals surface area contributed by atoms with Crippen LogP contribution in [0.25, 0.3) is 22.4 Å². The van der Waals surface area contributed by atoms with Crippen LogP contribution >= 0.6 is 15.9 Å². The van der Waals surface area contributed by atoms with Gasteiger partial charge in [-0.2, -0.15) is 0 Å². The zero-order valence-electron chi connectivity index (χ0n) is 9.87. The predicted octanol–water partition coefficient (Wildman–Crippen LogP) is 4.03. The van der Waals surface area contributed by atoms with Crippen LogP contribution in [0.1, 0.15) is 0 Å². The Balaban J connectivity index is 2.19. The maximum atomic E-state index is 4.62. The van der Waals surface area contributed by atoms with E-state index in [0.717, 1.165) is 32.6 Å². The number of rotatable bonds is 2. The van der Waals surface area contributed by atoms with Crippen molar-refractivity contribution in [3.05, 3.63) is 46.9 Å². The number of nitrogens with one attached hydrogen (secondary N) is 2. The van der Waals surface area contributed by atoms with Gasteiger partial charge in [0.05, 0.1) is 11.0 Å². The molecule has 1 aromatic heterocycles. The van der Waals surface area contributed by atoms with Crippen molar-refractivity contribution >= 4 is 32.7 Å². The lowest BCUT2D eigenvalue weighted by molar-refractivity contribution is 1.33. The van der Waals surface area contributed by atoms with Crippen LogP contribution in [0.5, 0.6) is 0 Å². The fourth-order valence-electron chi connectivity index (χ4n) is 2.02. The highest BCUT2D eigenvalue weighted by Crippen LogP contribution is 2.28. The molecule has 3 aromatic rings. The minimum atomic E-state index is 0.882. The van der Waals surface area contributed by atoms with E-state index in [-0.39, 0.29) is 0 Å². The summed E-state index contributed by atoms with van der Waals surface area (Å²) in [7, 11) is 1.91. The second-order valence-corrected chi connectivity index (χ2v) is 4.96. The molecule has 0 unspecified atom stereocenters. The molecule has 18 heavy (non-hydrogen) atoms. The van der Waals surface area contributed by atoms with Crippen molar-refractivity contribution < 1.29 is 0 Å². The zero-order valence-corrected chi connectivity index (χ0v) is 11.5. The van der Waals surface area contributed by atoms with E-state index in [9.17, 15) is 0 Å². The first-order valence-electron chi connectivity index (χ1n) is 5.70. The molecule has 0 radical (unpaired) electrons. The number of para-hydroxylation sites is 1. The van der Waals surface area contributed by atoms with Crippen molar-refractivity contribution in [1.82, 2.24) is 9.97 Å². The van der Waals surface area contributed by atoms with Gasteiger partial charge < -0.3 is 10.3 Å². The third-order valence-corrected chi connectivity index (χ3v) is 3.39. The minimum absolute atomic E-state index is 0.882. The van der Waals surface area contributed by atoms with Crippen LogP contribution in [0, 0.1) is 0 Å². The molecule has 0 atom stereocenters. The number of hydrogen-bond donors (Lipinski definition) is 2. The van der Waals surface area contributed by atoms with Gasteiger partial charge in [-0.25, -0.2) is 4.98 Å². The second-order valence-electron chi connectivity index (χ2n) is 4.04. The summed E-state index contributed by atoms with van der Waals surface area (Å²) < 4.78 is 1.05. The summed E-state index contributed by atoms with van der Waals surface area (Å²) >= 11 is 3.47. The Labute approximate surface area is 113 Å². The molecule has 0 spiro atoms. The average Bonchev–Trinajstić information content (AvgIpc) is 2.81. The number of benzene rings is 2. The number of aromatic nitrogens is 2. The van der Waals surface area contributed by atoms with E-state index in [0.29, 0.717) is 0 Å². The number of nitrogens with zero attached hydrogens (tertiary/aromatic N) is 1. The molecule has 0 aliphatic rings. The highest BCUT2D eigenvalue weighted by molar-refractivity contribution is 9.10. The smallest absolute Gasteiger partial charge is 0.140 e. The summed E-state index contributed by atoms with van der Waals surface area (Å²) in [5, 5.41) is 3.18. The van der Waals surface area contributed by atoms with Crippen molar-refractivity contribution in [2.24, 2.45) is 0 Å². The summed E-state index contributed by atoms with van der Waals surface area (Å²) in [6.07, 6.45) is 0. The number of H-pyrrole nitrogens is 1. The molecule has 4 heteroatoms. The first-order valence-corrected chi connectivity index (χ1v) is 6.49. The minimum Gasteiger partial charge on any atom is -0.388 e. The number of aromatic amines is 1. The van der Waals surface area contributed by atoms with E-state index >= 15 is 0 Å². The largest absolute Gasteiger partial charge is 0.388 e. The van der Waals surface area contributed by atoms with Gasteiger partial charge in [0.1, 0.15) is 5.82 Å². The quantitative estimate of drug-likeness (QED) is 0.750. The van der Waals surface area contributed by atoms with Gasteiger partial charge in [-0.1, -0.05) is 28.1 Å². The molecule has 0 saturated heterocycles. The molecule has 90 valence electrons. The van der Waals surface area contributed by atoms with Gasteiger partial charge in [0.25, 0.3) is 0 Å². The molecule has 1 heterocycles. The summed E-state index contributed by atoms with van der Waals surface area (Å²) in [6, 6.07) is 14.1. The third kappa shape index (κ3) is 1.88. The molecule has 2 N–H and O–H groups in total. The van der Waals surface area contributed by atoms with Crippen molar-refractivity contribution in [3.8, 4) is 11.4 Å². The molecule has 2 aromatic carbocycles. The Kier molecular flexibility index (Phi) is 2.80. The number of imidazole rings is 1. The van der Waals surface area contributed by atoms with Gasteiger partial charge in [0.2, 0.25) is 0 Å². The lowest BCUT2D eigenvalue weighted by Gasteiger charge is -2.05. The van der Waals surface area contributed by atoms with Crippen LogP contribution in [0.4, 0.5) is 5.69 Å². The van der Waals surface area contributed by atoms with Gasteiger partial charge in [0.15, 0.2) is 0 Å². The van der Waals surface area contributed by atoms with Crippen LogP contribution in [-0.2, 0) is 0 Å². The van der Waals surface area contributed by atoms with E-state index < -0.39 is 0 Å². The first kappa shape index (κ1) is 11.3. The molecule has 3 nitrogen and oxygen atoms in total. The van der Waals surface area contributed by atoms with Gasteiger partial charge in [0, 0.05) is 22.8 Å². The Morgan fingerprint density at radius 1 is 1.17 bits per heavy atom. The number of fused-ring (bicyclic) bond motifs is 1. The van der Waals surface area contributed by atoms with Crippen molar-refractivity contribution in [2.45, 2.75) is 0 Å². The molecule has 0 aliphatic heterocycles. The number of anilines is 1. The summed E-state index contributed by atoms with van der Waals surface area (Å²) in [4.78, 5) is 7.96. The Hall–Kier alpha value is -1.81. The molecule has 0 aliphatic carbocycles. The first-order chi connectivity index (χ1) is 8.78. The molecule has 3 rings (SSSR count). The van der Waals surface area contributed by atoms with E-state index in [1.165, 1.54) is 0 Å². The highest BCUT2D eigenvalue weighted by Gasteiger charge is 2.08. The molecule has 0 amide bonds. The van der Waals surface area contributed by atoms with E-state index in [4.69, 9.17) is 0 Å². The van der Waals surface area contributed by atoms with E-state index in [1.807, 2.05) is 43.4 Å². The Bertz CT molecular complexity index is 703. The van der Waals surface area contributed by atoms with Gasteiger partial charge in [-0.15, -0.1) is 0 Å². The molecular weight excluding hydrogens is 290 g/mol. The molecule has 0 bridgehead atoms. The van der Waals surface area contributed by atoms with Crippen LogP contribution in [-0.4, -0.2) is 17.0 Å². The van der Waals surface area contributed by atoms with Crippen molar-refractivity contribution in [2.75, 3.05) is 12.4 Å². The molecule has 0 fully saturated rings. The molecule has 0 saturated carbocycles. The van der Waals surface area contributed by atoms with E-state index in [1.54, 1.807) is 0 Å². The zero-order chi connectivity index (χ0) is 12.5. The lowest BCUT2D eigenvalue weighted by Crippen LogP contribution is -1.92. The van der Waals surface area contributed by atoms with Crippen LogP contribution in [0.2, 0.25) is 0 Å². The maximum absolute atomic E-state index is 4.62. The monoisotopic (exact) mass is 301 g/mol. The number of hydrogen-bond acceptors (Lipinski definition) is 2. The van der Waals surface area contributed by atoms with Crippen molar-refractivity contribution in [1.29, 1.82) is 0 Å². The predicted molar refractivity (Wildman–Crippen MR) is 78.8 cm³/mol. The second kappa shape index (κ2) is 4.46.